The van der Waals surface area contributed by atoms with E-state index in [1.165, 1.54) is 70.6 Å². The number of hydrogen-bond acceptors (Lipinski definition) is 5. The minimum atomic E-state index is -4.15. The molecule has 0 amide bonds. The van der Waals surface area contributed by atoms with Gasteiger partial charge < -0.3 is 9.59 Å². The second-order valence-electron chi connectivity index (χ2n) is 15.8. The maximum absolute atomic E-state index is 11.0. The molecule has 0 saturated heterocycles. The van der Waals surface area contributed by atoms with Gasteiger partial charge >= 0.3 is 0 Å². The minimum absolute atomic E-state index is 0.302. The number of hydrazine groups is 1. The number of aliphatic hydroxyl groups excluding tert-OH is 1. The van der Waals surface area contributed by atoms with Gasteiger partial charge in [0.15, 0.2) is 0 Å². The van der Waals surface area contributed by atoms with Gasteiger partial charge in [0.2, 0.25) is 0 Å². The lowest BCUT2D eigenvalue weighted by Crippen LogP contribution is -2.56. The molecule has 4 rings (SSSR count). The van der Waals surface area contributed by atoms with Gasteiger partial charge in [0.05, 0.1) is 20.6 Å². The van der Waals surface area contributed by atoms with Crippen LogP contribution in [0.1, 0.15) is 105 Å². The summed E-state index contributed by atoms with van der Waals surface area (Å²) < 4.78 is 31.6. The van der Waals surface area contributed by atoms with E-state index in [2.05, 4.69) is 38.5 Å². The average Bonchev–Trinajstić information content (AvgIpc) is 3.19. The molecule has 10 atom stereocenters. The Labute approximate surface area is 245 Å². The number of nitrogens with zero attached hydrogens (tertiary/aromatic N) is 1. The van der Waals surface area contributed by atoms with E-state index < -0.39 is 22.0 Å². The first-order valence-corrected chi connectivity index (χ1v) is 18.2. The summed E-state index contributed by atoms with van der Waals surface area (Å²) in [7, 11) is -0.173. The van der Waals surface area contributed by atoms with E-state index in [0.29, 0.717) is 27.9 Å². The normalized spacial score (nSPS) is 39.7. The van der Waals surface area contributed by atoms with Crippen molar-refractivity contribution in [1.82, 2.24) is 10.9 Å². The van der Waals surface area contributed by atoms with Crippen molar-refractivity contribution in [3.05, 3.63) is 0 Å². The standard InChI is InChI=1S/C32H61N3O4S/c1-7-9-23(2)28-12-13-29-27-11-10-24-20-25(14-16-31(24,3)30(27)15-17-32(28,29)4)34-33-18-8-19-35(5,6)21-26(36)22-40(37,38)39/h23-30,33-34,36H,7-22H2,1-6H3/p+1/t23-,24?,25?,26?,27?,28-,29?,30?,31+,32-/m1/s1. The number of nitrogens with one attached hydrogen (secondary N) is 2. The summed E-state index contributed by atoms with van der Waals surface area (Å²) in [4.78, 5) is 0. The molecule has 0 heterocycles. The van der Waals surface area contributed by atoms with Gasteiger partial charge in [-0.3, -0.25) is 15.4 Å². The van der Waals surface area contributed by atoms with Crippen LogP contribution in [0, 0.1) is 46.3 Å². The quantitative estimate of drug-likeness (QED) is 0.102. The number of quaternary nitrogens is 1. The Kier molecular flexibility index (Phi) is 10.4. The van der Waals surface area contributed by atoms with E-state index >= 15 is 0 Å². The minimum Gasteiger partial charge on any atom is -0.386 e. The molecule has 40 heavy (non-hydrogen) atoms. The van der Waals surface area contributed by atoms with Crippen LogP contribution < -0.4 is 10.9 Å². The SMILES string of the molecule is CCC[C@@H](C)[C@H]1CCC2C3CCC4CC(NNCCC[N+](C)(C)CC(O)CS(=O)(=O)O)CC[C@]4(C)C3CC[C@@]21C. The van der Waals surface area contributed by atoms with Gasteiger partial charge in [0, 0.05) is 19.0 Å². The van der Waals surface area contributed by atoms with Crippen LogP contribution in [-0.2, 0) is 10.1 Å². The maximum atomic E-state index is 11.0. The first-order chi connectivity index (χ1) is 18.7. The summed E-state index contributed by atoms with van der Waals surface area (Å²) in [5.41, 5.74) is 8.24. The largest absolute Gasteiger partial charge is 0.386 e. The first kappa shape index (κ1) is 32.7. The van der Waals surface area contributed by atoms with Crippen molar-refractivity contribution in [3.8, 4) is 0 Å². The fourth-order valence-electron chi connectivity index (χ4n) is 10.8. The molecular formula is C32H62N3O4S+. The van der Waals surface area contributed by atoms with Gasteiger partial charge in [-0.25, -0.2) is 0 Å². The fourth-order valence-corrected chi connectivity index (χ4v) is 11.4. The molecule has 4 fully saturated rings. The number of hydrogen-bond donors (Lipinski definition) is 4. The zero-order chi connectivity index (χ0) is 29.3. The third-order valence-electron chi connectivity index (χ3n) is 12.6. The van der Waals surface area contributed by atoms with Crippen LogP contribution in [0.4, 0.5) is 0 Å². The van der Waals surface area contributed by atoms with E-state index in [-0.39, 0.29) is 0 Å². The summed E-state index contributed by atoms with van der Waals surface area (Å²) in [6.45, 7) is 12.2. The highest BCUT2D eigenvalue weighted by molar-refractivity contribution is 7.85. The molecule has 4 saturated carbocycles. The van der Waals surface area contributed by atoms with Gasteiger partial charge in [0.25, 0.3) is 10.1 Å². The molecule has 0 aromatic heterocycles. The molecule has 0 spiro atoms. The van der Waals surface area contributed by atoms with Gasteiger partial charge in [0.1, 0.15) is 18.4 Å². The molecule has 0 radical (unpaired) electrons. The highest BCUT2D eigenvalue weighted by atomic mass is 32.2. The molecule has 0 aromatic rings. The van der Waals surface area contributed by atoms with Crippen molar-refractivity contribution in [2.45, 2.75) is 117 Å². The summed E-state index contributed by atoms with van der Waals surface area (Å²) in [6.07, 6.45) is 15.3. The molecule has 7 nitrogen and oxygen atoms in total. The van der Waals surface area contributed by atoms with E-state index in [1.807, 2.05) is 14.1 Å². The van der Waals surface area contributed by atoms with E-state index in [4.69, 9.17) is 4.55 Å². The second kappa shape index (κ2) is 12.8. The first-order valence-electron chi connectivity index (χ1n) is 16.6. The Morgan fingerprint density at radius 1 is 1.00 bits per heavy atom. The fraction of sp³-hybridized carbons (Fsp3) is 1.00. The van der Waals surface area contributed by atoms with E-state index in [0.717, 1.165) is 55.0 Å². The average molecular weight is 585 g/mol. The molecule has 6 unspecified atom stereocenters. The number of aliphatic hydroxyl groups is 1. The molecule has 0 aromatic carbocycles. The van der Waals surface area contributed by atoms with Gasteiger partial charge in [-0.2, -0.15) is 8.42 Å². The second-order valence-corrected chi connectivity index (χ2v) is 17.3. The Bertz CT molecular complexity index is 944. The van der Waals surface area contributed by atoms with E-state index in [9.17, 15) is 13.5 Å². The monoisotopic (exact) mass is 584 g/mol. The predicted octanol–water partition coefficient (Wildman–Crippen LogP) is 5.26. The third kappa shape index (κ3) is 7.27. The predicted molar refractivity (Wildman–Crippen MR) is 163 cm³/mol. The summed E-state index contributed by atoms with van der Waals surface area (Å²) in [5.74, 6) is 4.91. The van der Waals surface area contributed by atoms with Crippen molar-refractivity contribution in [2.24, 2.45) is 46.3 Å². The van der Waals surface area contributed by atoms with Crippen molar-refractivity contribution in [2.75, 3.05) is 39.5 Å². The van der Waals surface area contributed by atoms with Crippen LogP contribution in [0.3, 0.4) is 0 Å². The maximum Gasteiger partial charge on any atom is 0.267 e. The topological polar surface area (TPSA) is 98.7 Å². The molecular weight excluding hydrogens is 522 g/mol. The van der Waals surface area contributed by atoms with Crippen LogP contribution >= 0.6 is 0 Å². The summed E-state index contributed by atoms with van der Waals surface area (Å²) in [6, 6.07) is 0.535. The summed E-state index contributed by atoms with van der Waals surface area (Å²) >= 11 is 0. The van der Waals surface area contributed by atoms with Gasteiger partial charge in [-0.05, 0) is 104 Å². The molecule has 4 N–H and O–H groups in total. The van der Waals surface area contributed by atoms with Crippen molar-refractivity contribution >= 4 is 10.1 Å². The zero-order valence-electron chi connectivity index (χ0n) is 26.5. The van der Waals surface area contributed by atoms with Crippen molar-refractivity contribution in [3.63, 3.8) is 0 Å². The van der Waals surface area contributed by atoms with Crippen LogP contribution in [0.2, 0.25) is 0 Å². The van der Waals surface area contributed by atoms with Crippen LogP contribution in [0.25, 0.3) is 0 Å². The van der Waals surface area contributed by atoms with Gasteiger partial charge in [-0.15, -0.1) is 0 Å². The lowest BCUT2D eigenvalue weighted by atomic mass is 9.44. The Morgan fingerprint density at radius 2 is 1.70 bits per heavy atom. The van der Waals surface area contributed by atoms with Crippen molar-refractivity contribution < 1.29 is 22.6 Å². The summed E-state index contributed by atoms with van der Waals surface area (Å²) in [5, 5.41) is 10.0. The van der Waals surface area contributed by atoms with Gasteiger partial charge in [-0.1, -0.05) is 40.5 Å². The number of rotatable bonds is 13. The molecule has 4 aliphatic carbocycles. The molecule has 0 bridgehead atoms. The highest BCUT2D eigenvalue weighted by Gasteiger charge is 2.60. The molecule has 4 aliphatic rings. The van der Waals surface area contributed by atoms with E-state index in [1.54, 1.807) is 0 Å². The third-order valence-corrected chi connectivity index (χ3v) is 13.5. The molecule has 234 valence electrons. The van der Waals surface area contributed by atoms with Crippen LogP contribution in [-0.4, -0.2) is 74.2 Å². The van der Waals surface area contributed by atoms with Crippen LogP contribution in [0.5, 0.6) is 0 Å². The lowest BCUT2D eigenvalue weighted by molar-refractivity contribution is -0.893. The zero-order valence-corrected chi connectivity index (χ0v) is 27.3. The van der Waals surface area contributed by atoms with Crippen molar-refractivity contribution in [1.29, 1.82) is 0 Å². The molecule has 0 aliphatic heterocycles. The Morgan fingerprint density at radius 3 is 2.40 bits per heavy atom. The Balaban J connectivity index is 1.22. The Hall–Kier alpha value is -0.250. The smallest absolute Gasteiger partial charge is 0.267 e. The number of fused-ring (bicyclic) bond motifs is 5. The highest BCUT2D eigenvalue weighted by Crippen LogP contribution is 2.68. The number of likely N-dealkylation sites (N-methyl/N-ethyl adjacent to an activating group) is 1. The molecule has 8 heteroatoms. The lowest BCUT2D eigenvalue weighted by Gasteiger charge is -2.61. The van der Waals surface area contributed by atoms with Crippen LogP contribution in [0.15, 0.2) is 0 Å².